The molecule has 3 aromatic rings. The molecule has 4 rings (SSSR count). The van der Waals surface area contributed by atoms with Gasteiger partial charge in [0, 0.05) is 36.0 Å². The maximum Gasteiger partial charge on any atom is 0.407 e. The number of methoxy groups -OCH3 is 1. The van der Waals surface area contributed by atoms with Crippen LogP contribution < -0.4 is 15.4 Å². The van der Waals surface area contributed by atoms with E-state index in [1.54, 1.807) is 24.2 Å². The van der Waals surface area contributed by atoms with Crippen LogP contribution in [0.15, 0.2) is 34.9 Å². The Balaban J connectivity index is 1.61. The lowest BCUT2D eigenvalue weighted by Crippen LogP contribution is -2.37. The second-order valence-electron chi connectivity index (χ2n) is 8.31. The molecule has 3 N–H and O–H groups in total. The first-order valence-corrected chi connectivity index (χ1v) is 13.0. The first kappa shape index (κ1) is 25.1. The molecule has 9 nitrogen and oxygen atoms in total. The number of alkyl carbamates (subject to hydrolysis) is 1. The number of aromatic nitrogens is 3. The molecule has 1 amide bonds. The first-order chi connectivity index (χ1) is 17.0. The standard InChI is InChI=1S/C24H29ClN6O3S/c1-4-12-35-31-17-7-5-6-16(19(17)25)20-21(34-22(30-20)15-8-9-15)18-10-11-26-23(29-18)27-13-14(2)28-24(32)33-3/h5-7,10-11,14-15,31H,4,8-9,12-13H2,1-3H3,(H,28,32)(H,26,27,29)/t14-/m0/s1. The number of ether oxygens (including phenoxy) is 1. The number of rotatable bonds is 11. The third-order valence-electron chi connectivity index (χ3n) is 5.32. The fraction of sp³-hybridized carbons (Fsp3) is 0.417. The molecule has 1 aromatic carbocycles. The molecule has 0 radical (unpaired) electrons. The molecule has 0 aliphatic heterocycles. The Morgan fingerprint density at radius 3 is 2.89 bits per heavy atom. The van der Waals surface area contributed by atoms with E-state index in [1.807, 2.05) is 25.1 Å². The van der Waals surface area contributed by atoms with Crippen molar-refractivity contribution < 1.29 is 13.9 Å². The highest BCUT2D eigenvalue weighted by Crippen LogP contribution is 2.45. The molecule has 1 aliphatic rings. The SMILES string of the molecule is CCCSNc1cccc(-c2nc(C3CC3)oc2-c2ccnc(NC[C@H](C)NC(=O)OC)n2)c1Cl. The molecule has 0 spiro atoms. The van der Waals surface area contributed by atoms with Crippen LogP contribution in [0.3, 0.4) is 0 Å². The summed E-state index contributed by atoms with van der Waals surface area (Å²) in [4.78, 5) is 25.2. The Kier molecular flexibility index (Phi) is 8.35. The number of benzene rings is 1. The fourth-order valence-electron chi connectivity index (χ4n) is 3.35. The van der Waals surface area contributed by atoms with Gasteiger partial charge in [0.15, 0.2) is 11.7 Å². The van der Waals surface area contributed by atoms with E-state index in [1.165, 1.54) is 7.11 Å². The summed E-state index contributed by atoms with van der Waals surface area (Å²) < 4.78 is 14.2. The van der Waals surface area contributed by atoms with Gasteiger partial charge in [-0.2, -0.15) is 0 Å². The summed E-state index contributed by atoms with van der Waals surface area (Å²) in [5.41, 5.74) is 2.87. The van der Waals surface area contributed by atoms with Crippen molar-refractivity contribution in [2.45, 2.75) is 45.1 Å². The summed E-state index contributed by atoms with van der Waals surface area (Å²) in [5.74, 6) is 2.97. The number of anilines is 2. The van der Waals surface area contributed by atoms with Gasteiger partial charge in [-0.05, 0) is 38.3 Å². The van der Waals surface area contributed by atoms with Gasteiger partial charge in [0.25, 0.3) is 0 Å². The van der Waals surface area contributed by atoms with E-state index >= 15 is 0 Å². The van der Waals surface area contributed by atoms with Crippen LogP contribution in [-0.2, 0) is 4.74 Å². The lowest BCUT2D eigenvalue weighted by atomic mass is 10.1. The van der Waals surface area contributed by atoms with E-state index in [0.29, 0.717) is 46.5 Å². The number of hydrogen-bond acceptors (Lipinski definition) is 9. The van der Waals surface area contributed by atoms with Gasteiger partial charge in [-0.3, -0.25) is 0 Å². The zero-order valence-corrected chi connectivity index (χ0v) is 21.5. The van der Waals surface area contributed by atoms with Crippen molar-refractivity contribution in [2.75, 3.05) is 29.4 Å². The van der Waals surface area contributed by atoms with Gasteiger partial charge in [-0.15, -0.1) is 0 Å². The third-order valence-corrected chi connectivity index (χ3v) is 6.70. The predicted octanol–water partition coefficient (Wildman–Crippen LogP) is 5.96. The fourth-order valence-corrected chi connectivity index (χ4v) is 4.30. The topological polar surface area (TPSA) is 114 Å². The van der Waals surface area contributed by atoms with Crippen molar-refractivity contribution in [1.82, 2.24) is 20.3 Å². The summed E-state index contributed by atoms with van der Waals surface area (Å²) in [6.07, 6.45) is 4.35. The van der Waals surface area contributed by atoms with Crippen molar-refractivity contribution in [3.05, 3.63) is 41.4 Å². The summed E-state index contributed by atoms with van der Waals surface area (Å²) in [5, 5.41) is 6.43. The van der Waals surface area contributed by atoms with E-state index < -0.39 is 6.09 Å². The molecule has 2 heterocycles. The molecule has 35 heavy (non-hydrogen) atoms. The van der Waals surface area contributed by atoms with E-state index in [2.05, 4.69) is 37.0 Å². The third kappa shape index (κ3) is 6.37. The van der Waals surface area contributed by atoms with Crippen LogP contribution in [0.5, 0.6) is 0 Å². The predicted molar refractivity (Wildman–Crippen MR) is 140 cm³/mol. The van der Waals surface area contributed by atoms with Gasteiger partial charge in [-0.1, -0.05) is 42.6 Å². The highest BCUT2D eigenvalue weighted by Gasteiger charge is 2.32. The molecule has 1 fully saturated rings. The van der Waals surface area contributed by atoms with Crippen LogP contribution >= 0.6 is 23.5 Å². The maximum absolute atomic E-state index is 11.4. The molecular formula is C24H29ClN6O3S. The Morgan fingerprint density at radius 2 is 2.14 bits per heavy atom. The van der Waals surface area contributed by atoms with Crippen molar-refractivity contribution in [1.29, 1.82) is 0 Å². The highest BCUT2D eigenvalue weighted by molar-refractivity contribution is 8.00. The summed E-state index contributed by atoms with van der Waals surface area (Å²) in [6, 6.07) is 7.45. The number of nitrogens with one attached hydrogen (secondary N) is 3. The average molecular weight is 517 g/mol. The van der Waals surface area contributed by atoms with Crippen molar-refractivity contribution >= 4 is 41.3 Å². The Hall–Kier alpha value is -2.98. The summed E-state index contributed by atoms with van der Waals surface area (Å²) in [6.45, 7) is 4.41. The molecule has 2 aromatic heterocycles. The quantitative estimate of drug-likeness (QED) is 0.210. The minimum atomic E-state index is -0.491. The van der Waals surface area contributed by atoms with Crippen LogP contribution in [0.25, 0.3) is 22.7 Å². The van der Waals surface area contributed by atoms with Crippen LogP contribution in [0.2, 0.25) is 5.02 Å². The number of oxazole rings is 1. The number of hydrogen-bond donors (Lipinski definition) is 3. The normalized spacial score (nSPS) is 13.8. The second-order valence-corrected chi connectivity index (χ2v) is 9.58. The van der Waals surface area contributed by atoms with Crippen molar-refractivity contribution in [2.24, 2.45) is 0 Å². The van der Waals surface area contributed by atoms with Gasteiger partial charge < -0.3 is 24.5 Å². The minimum Gasteiger partial charge on any atom is -0.453 e. The van der Waals surface area contributed by atoms with Crippen LogP contribution in [-0.4, -0.2) is 46.5 Å². The number of nitrogens with zero attached hydrogens (tertiary/aromatic N) is 3. The number of carbonyl (C=O) groups excluding carboxylic acids is 1. The Bertz CT molecular complexity index is 1170. The second kappa shape index (κ2) is 11.6. The molecule has 186 valence electrons. The number of carbonyl (C=O) groups is 1. The van der Waals surface area contributed by atoms with E-state index in [4.69, 9.17) is 21.0 Å². The maximum atomic E-state index is 11.4. The van der Waals surface area contributed by atoms with Gasteiger partial charge in [0.05, 0.1) is 17.8 Å². The molecule has 0 unspecified atom stereocenters. The van der Waals surface area contributed by atoms with Crippen LogP contribution in [0.4, 0.5) is 16.4 Å². The smallest absolute Gasteiger partial charge is 0.407 e. The Labute approximate surface area is 213 Å². The zero-order valence-electron chi connectivity index (χ0n) is 19.9. The Morgan fingerprint density at radius 1 is 1.31 bits per heavy atom. The molecule has 1 atom stereocenters. The summed E-state index contributed by atoms with van der Waals surface area (Å²) in [7, 11) is 1.33. The molecule has 0 saturated heterocycles. The van der Waals surface area contributed by atoms with Gasteiger partial charge in [-0.25, -0.2) is 19.7 Å². The van der Waals surface area contributed by atoms with Gasteiger partial charge in [0.1, 0.15) is 11.4 Å². The van der Waals surface area contributed by atoms with E-state index in [-0.39, 0.29) is 6.04 Å². The lowest BCUT2D eigenvalue weighted by Gasteiger charge is -2.14. The van der Waals surface area contributed by atoms with Gasteiger partial charge in [0.2, 0.25) is 5.95 Å². The molecule has 1 saturated carbocycles. The average Bonchev–Trinajstić information content (AvgIpc) is 3.62. The van der Waals surface area contributed by atoms with E-state index in [0.717, 1.165) is 36.3 Å². The zero-order chi connectivity index (χ0) is 24.8. The van der Waals surface area contributed by atoms with Crippen molar-refractivity contribution in [3.8, 4) is 22.7 Å². The number of halogens is 1. The highest BCUT2D eigenvalue weighted by atomic mass is 35.5. The lowest BCUT2D eigenvalue weighted by molar-refractivity contribution is 0.168. The van der Waals surface area contributed by atoms with Crippen LogP contribution in [0, 0.1) is 0 Å². The first-order valence-electron chi connectivity index (χ1n) is 11.6. The minimum absolute atomic E-state index is 0.184. The van der Waals surface area contributed by atoms with Crippen LogP contribution in [0.1, 0.15) is 44.9 Å². The van der Waals surface area contributed by atoms with Crippen molar-refractivity contribution in [3.63, 3.8) is 0 Å². The molecule has 11 heteroatoms. The number of amides is 1. The largest absolute Gasteiger partial charge is 0.453 e. The monoisotopic (exact) mass is 516 g/mol. The molecule has 0 bridgehead atoms. The molecular weight excluding hydrogens is 488 g/mol. The van der Waals surface area contributed by atoms with E-state index in [9.17, 15) is 4.79 Å². The van der Waals surface area contributed by atoms with Gasteiger partial charge >= 0.3 is 6.09 Å². The molecule has 1 aliphatic carbocycles. The summed E-state index contributed by atoms with van der Waals surface area (Å²) >= 11 is 8.43.